The summed E-state index contributed by atoms with van der Waals surface area (Å²) in [6.07, 6.45) is 3.40. The lowest BCUT2D eigenvalue weighted by atomic mass is 10.0. The largest absolute Gasteiger partial charge is 0.395 e. The van der Waals surface area contributed by atoms with Gasteiger partial charge in [-0.3, -0.25) is 4.90 Å². The first-order chi connectivity index (χ1) is 9.88. The Morgan fingerprint density at radius 2 is 2.05 bits per heavy atom. The number of aromatic nitrogens is 4. The average molecular weight is 273 g/mol. The van der Waals surface area contributed by atoms with Crippen LogP contribution >= 0.6 is 0 Å². The van der Waals surface area contributed by atoms with Crippen LogP contribution in [0.25, 0.3) is 5.69 Å². The van der Waals surface area contributed by atoms with Crippen LogP contribution in [0, 0.1) is 0 Å². The molecule has 0 bridgehead atoms. The summed E-state index contributed by atoms with van der Waals surface area (Å²) in [5.41, 5.74) is 0.963. The summed E-state index contributed by atoms with van der Waals surface area (Å²) in [4.78, 5) is 2.27. The molecule has 0 spiro atoms. The minimum absolute atomic E-state index is 0.201. The van der Waals surface area contributed by atoms with Crippen LogP contribution in [0.2, 0.25) is 0 Å². The van der Waals surface area contributed by atoms with Gasteiger partial charge in [0.05, 0.1) is 18.8 Å². The Labute approximate surface area is 118 Å². The molecular weight excluding hydrogens is 254 g/mol. The molecule has 0 aliphatic carbocycles. The van der Waals surface area contributed by atoms with E-state index in [1.54, 1.807) is 4.68 Å². The van der Waals surface area contributed by atoms with Gasteiger partial charge in [0.1, 0.15) is 0 Å². The maximum absolute atomic E-state index is 9.48. The van der Waals surface area contributed by atoms with Gasteiger partial charge in [-0.2, -0.15) is 4.68 Å². The average Bonchev–Trinajstić information content (AvgIpc) is 2.97. The zero-order valence-electron chi connectivity index (χ0n) is 11.4. The molecule has 1 saturated heterocycles. The Kier molecular flexibility index (Phi) is 4.03. The van der Waals surface area contributed by atoms with Crippen LogP contribution < -0.4 is 0 Å². The third-order valence-corrected chi connectivity index (χ3v) is 3.84. The summed E-state index contributed by atoms with van der Waals surface area (Å²) in [5, 5.41) is 21.5. The van der Waals surface area contributed by atoms with E-state index in [1.165, 1.54) is 12.8 Å². The van der Waals surface area contributed by atoms with Crippen molar-refractivity contribution in [1.82, 2.24) is 25.1 Å². The minimum Gasteiger partial charge on any atom is -0.395 e. The monoisotopic (exact) mass is 273 g/mol. The number of benzene rings is 1. The van der Waals surface area contributed by atoms with Crippen molar-refractivity contribution >= 4 is 0 Å². The Morgan fingerprint density at radius 3 is 2.85 bits per heavy atom. The van der Waals surface area contributed by atoms with Crippen molar-refractivity contribution in [1.29, 1.82) is 0 Å². The SMILES string of the molecule is OCC1CCCCN1Cc1nnnn1-c1ccccc1. The van der Waals surface area contributed by atoms with E-state index in [-0.39, 0.29) is 12.6 Å². The fraction of sp³-hybridized carbons (Fsp3) is 0.500. The Hall–Kier alpha value is -1.79. The molecule has 3 rings (SSSR count). The molecule has 1 aliphatic heterocycles. The summed E-state index contributed by atoms with van der Waals surface area (Å²) in [6, 6.07) is 10.1. The number of rotatable bonds is 4. The van der Waals surface area contributed by atoms with Crippen LogP contribution in [0.15, 0.2) is 30.3 Å². The van der Waals surface area contributed by atoms with E-state index in [1.807, 2.05) is 30.3 Å². The highest BCUT2D eigenvalue weighted by Crippen LogP contribution is 2.19. The zero-order valence-corrected chi connectivity index (χ0v) is 11.4. The third-order valence-electron chi connectivity index (χ3n) is 3.84. The second-order valence-electron chi connectivity index (χ2n) is 5.15. The molecule has 0 amide bonds. The summed E-state index contributed by atoms with van der Waals surface area (Å²) in [5.74, 6) is 0.816. The van der Waals surface area contributed by atoms with E-state index >= 15 is 0 Å². The van der Waals surface area contributed by atoms with Crippen LogP contribution in [0.5, 0.6) is 0 Å². The molecule has 1 unspecified atom stereocenters. The summed E-state index contributed by atoms with van der Waals surface area (Å²) < 4.78 is 1.77. The Morgan fingerprint density at radius 1 is 1.20 bits per heavy atom. The molecule has 6 heteroatoms. The van der Waals surface area contributed by atoms with Crippen molar-refractivity contribution < 1.29 is 5.11 Å². The summed E-state index contributed by atoms with van der Waals surface area (Å²) in [6.45, 7) is 1.87. The van der Waals surface area contributed by atoms with Crippen molar-refractivity contribution in [2.24, 2.45) is 0 Å². The van der Waals surface area contributed by atoms with Crippen LogP contribution in [0.3, 0.4) is 0 Å². The van der Waals surface area contributed by atoms with E-state index in [0.717, 1.165) is 24.5 Å². The van der Waals surface area contributed by atoms with Gasteiger partial charge in [0.25, 0.3) is 0 Å². The fourth-order valence-electron chi connectivity index (χ4n) is 2.73. The molecule has 1 fully saturated rings. The molecule has 2 aromatic rings. The molecule has 1 atom stereocenters. The second kappa shape index (κ2) is 6.11. The van der Waals surface area contributed by atoms with Crippen molar-refractivity contribution in [2.75, 3.05) is 13.2 Å². The highest BCUT2D eigenvalue weighted by Gasteiger charge is 2.23. The van der Waals surface area contributed by atoms with Crippen molar-refractivity contribution in [3.05, 3.63) is 36.2 Å². The van der Waals surface area contributed by atoms with Gasteiger partial charge >= 0.3 is 0 Å². The van der Waals surface area contributed by atoms with Crippen molar-refractivity contribution in [2.45, 2.75) is 31.8 Å². The van der Waals surface area contributed by atoms with E-state index in [4.69, 9.17) is 0 Å². The third kappa shape index (κ3) is 2.71. The molecule has 106 valence electrons. The van der Waals surface area contributed by atoms with Gasteiger partial charge in [0.2, 0.25) is 0 Å². The first kappa shape index (κ1) is 13.2. The number of aliphatic hydroxyl groups is 1. The van der Waals surface area contributed by atoms with Gasteiger partial charge in [0.15, 0.2) is 5.82 Å². The quantitative estimate of drug-likeness (QED) is 0.900. The first-order valence-electron chi connectivity index (χ1n) is 7.06. The van der Waals surface area contributed by atoms with Crippen molar-refractivity contribution in [3.8, 4) is 5.69 Å². The molecule has 1 aliphatic rings. The number of likely N-dealkylation sites (tertiary alicyclic amines) is 1. The van der Waals surface area contributed by atoms with Gasteiger partial charge in [-0.25, -0.2) is 0 Å². The fourth-order valence-corrected chi connectivity index (χ4v) is 2.73. The van der Waals surface area contributed by atoms with Gasteiger partial charge in [-0.05, 0) is 41.9 Å². The topological polar surface area (TPSA) is 67.1 Å². The van der Waals surface area contributed by atoms with E-state index in [0.29, 0.717) is 6.54 Å². The van der Waals surface area contributed by atoms with Gasteiger partial charge in [-0.1, -0.05) is 24.6 Å². The lowest BCUT2D eigenvalue weighted by molar-refractivity contribution is 0.0813. The van der Waals surface area contributed by atoms with Gasteiger partial charge in [0, 0.05) is 6.04 Å². The van der Waals surface area contributed by atoms with E-state index in [2.05, 4.69) is 20.4 Å². The number of hydrogen-bond acceptors (Lipinski definition) is 5. The van der Waals surface area contributed by atoms with Gasteiger partial charge in [-0.15, -0.1) is 5.10 Å². The molecule has 2 heterocycles. The number of piperidine rings is 1. The molecule has 1 aromatic heterocycles. The maximum atomic E-state index is 9.48. The van der Waals surface area contributed by atoms with Gasteiger partial charge < -0.3 is 5.11 Å². The minimum atomic E-state index is 0.201. The standard InChI is InChI=1S/C14H19N5O/c20-11-13-8-4-5-9-18(13)10-14-15-16-17-19(14)12-6-2-1-3-7-12/h1-3,6-7,13,20H,4-5,8-11H2. The highest BCUT2D eigenvalue weighted by molar-refractivity contribution is 5.30. The van der Waals surface area contributed by atoms with Crippen LogP contribution in [-0.2, 0) is 6.54 Å². The highest BCUT2D eigenvalue weighted by atomic mass is 16.3. The zero-order chi connectivity index (χ0) is 13.8. The number of nitrogens with zero attached hydrogens (tertiary/aromatic N) is 5. The number of tetrazole rings is 1. The van der Waals surface area contributed by atoms with Crippen LogP contribution in [0.1, 0.15) is 25.1 Å². The maximum Gasteiger partial charge on any atom is 0.170 e. The van der Waals surface area contributed by atoms with Crippen molar-refractivity contribution in [3.63, 3.8) is 0 Å². The van der Waals surface area contributed by atoms with Crippen LogP contribution in [-0.4, -0.2) is 49.4 Å². The number of aliphatic hydroxyl groups excluding tert-OH is 1. The molecule has 20 heavy (non-hydrogen) atoms. The Bertz CT molecular complexity index is 542. The molecule has 0 radical (unpaired) electrons. The molecular formula is C14H19N5O. The number of hydrogen-bond donors (Lipinski definition) is 1. The lowest BCUT2D eigenvalue weighted by Gasteiger charge is -2.33. The second-order valence-corrected chi connectivity index (χ2v) is 5.15. The normalized spacial score (nSPS) is 20.1. The summed E-state index contributed by atoms with van der Waals surface area (Å²) >= 11 is 0. The molecule has 1 N–H and O–H groups in total. The molecule has 0 saturated carbocycles. The predicted octanol–water partition coefficient (Wildman–Crippen LogP) is 1.01. The van der Waals surface area contributed by atoms with E-state index < -0.39 is 0 Å². The lowest BCUT2D eigenvalue weighted by Crippen LogP contribution is -2.41. The predicted molar refractivity (Wildman–Crippen MR) is 74.3 cm³/mol. The van der Waals surface area contributed by atoms with Crippen LogP contribution in [0.4, 0.5) is 0 Å². The number of para-hydroxylation sites is 1. The van der Waals surface area contributed by atoms with E-state index in [9.17, 15) is 5.11 Å². The molecule has 1 aromatic carbocycles. The first-order valence-corrected chi connectivity index (χ1v) is 7.06. The smallest absolute Gasteiger partial charge is 0.170 e. The Balaban J connectivity index is 1.80. The summed E-state index contributed by atoms with van der Waals surface area (Å²) in [7, 11) is 0. The molecule has 6 nitrogen and oxygen atoms in total.